The highest BCUT2D eigenvalue weighted by Gasteiger charge is 2.07. The van der Waals surface area contributed by atoms with Gasteiger partial charge in [-0.25, -0.2) is 4.98 Å². The molecule has 3 rings (SSSR count). The molecule has 1 heterocycles. The molecule has 0 aliphatic rings. The molecule has 1 amide bonds. The van der Waals surface area contributed by atoms with E-state index in [1.165, 1.54) is 17.4 Å². The van der Waals surface area contributed by atoms with Gasteiger partial charge in [0.15, 0.2) is 16.6 Å². The van der Waals surface area contributed by atoms with Crippen LogP contribution in [0.3, 0.4) is 0 Å². The number of nitrogens with zero attached hydrogens (tertiary/aromatic N) is 1. The average Bonchev–Trinajstić information content (AvgIpc) is 3.16. The first-order valence-electron chi connectivity index (χ1n) is 8.60. The molecular weight excluding hydrogens is 440 g/mol. The Hall–Kier alpha value is -2.64. The number of thiazole rings is 1. The lowest BCUT2D eigenvalue weighted by atomic mass is 10.2. The molecule has 2 aromatic carbocycles. The third kappa shape index (κ3) is 5.21. The van der Waals surface area contributed by atoms with Gasteiger partial charge < -0.3 is 9.47 Å². The molecule has 0 atom stereocenters. The number of hydrogen-bond acceptors (Lipinski definition) is 5. The minimum Gasteiger partial charge on any atom is -0.493 e. The zero-order chi connectivity index (χ0) is 19.9. The van der Waals surface area contributed by atoms with Gasteiger partial charge >= 0.3 is 0 Å². The maximum absolute atomic E-state index is 12.2. The lowest BCUT2D eigenvalue weighted by Crippen LogP contribution is -2.07. The van der Waals surface area contributed by atoms with E-state index in [1.807, 2.05) is 54.8 Å². The fraction of sp³-hybridized carbons (Fsp3) is 0.143. The number of aromatic nitrogens is 1. The normalized spacial score (nSPS) is 10.8. The summed E-state index contributed by atoms with van der Waals surface area (Å²) in [6.45, 7) is 2.47. The van der Waals surface area contributed by atoms with Crippen molar-refractivity contribution in [3.8, 4) is 22.8 Å². The quantitative estimate of drug-likeness (QED) is 0.465. The first-order valence-corrected chi connectivity index (χ1v) is 10.3. The van der Waals surface area contributed by atoms with Crippen molar-refractivity contribution in [1.29, 1.82) is 0 Å². The van der Waals surface area contributed by atoms with Gasteiger partial charge in [0.2, 0.25) is 5.91 Å². The van der Waals surface area contributed by atoms with Crippen LogP contribution in [-0.4, -0.2) is 24.6 Å². The van der Waals surface area contributed by atoms with Gasteiger partial charge in [-0.1, -0.05) is 34.1 Å². The number of benzene rings is 2. The number of halogens is 1. The summed E-state index contributed by atoms with van der Waals surface area (Å²) in [6.07, 6.45) is 3.19. The van der Waals surface area contributed by atoms with E-state index in [-0.39, 0.29) is 5.91 Å². The van der Waals surface area contributed by atoms with Crippen molar-refractivity contribution < 1.29 is 14.3 Å². The third-order valence-corrected chi connectivity index (χ3v) is 5.02. The first-order chi connectivity index (χ1) is 13.6. The van der Waals surface area contributed by atoms with Gasteiger partial charge in [0, 0.05) is 21.5 Å². The van der Waals surface area contributed by atoms with Crippen molar-refractivity contribution in [3.63, 3.8) is 0 Å². The minimum atomic E-state index is -0.247. The number of anilines is 1. The van der Waals surface area contributed by atoms with Crippen LogP contribution in [0.15, 0.2) is 58.4 Å². The van der Waals surface area contributed by atoms with Crippen molar-refractivity contribution in [2.75, 3.05) is 19.0 Å². The van der Waals surface area contributed by atoms with Crippen LogP contribution in [0.4, 0.5) is 5.13 Å². The van der Waals surface area contributed by atoms with Gasteiger partial charge in [-0.2, -0.15) is 0 Å². The van der Waals surface area contributed by atoms with Crippen molar-refractivity contribution >= 4 is 44.4 Å². The van der Waals surface area contributed by atoms with E-state index in [0.29, 0.717) is 23.2 Å². The highest BCUT2D eigenvalue weighted by Crippen LogP contribution is 2.29. The van der Waals surface area contributed by atoms with E-state index >= 15 is 0 Å². The SMILES string of the molecule is CCOc1ccc(C=CC(=O)Nc2nc(-c3cccc(Br)c3)cs2)cc1OC. The van der Waals surface area contributed by atoms with E-state index in [1.54, 1.807) is 13.2 Å². The van der Waals surface area contributed by atoms with E-state index in [2.05, 4.69) is 26.2 Å². The Labute approximate surface area is 176 Å². The maximum Gasteiger partial charge on any atom is 0.250 e. The second-order valence-electron chi connectivity index (χ2n) is 5.71. The monoisotopic (exact) mass is 458 g/mol. The molecule has 0 aliphatic heterocycles. The van der Waals surface area contributed by atoms with Gasteiger partial charge in [0.1, 0.15) is 0 Å². The molecule has 3 aromatic rings. The Kier molecular flexibility index (Phi) is 6.84. The van der Waals surface area contributed by atoms with Crippen LogP contribution in [-0.2, 0) is 4.79 Å². The maximum atomic E-state index is 12.2. The second-order valence-corrected chi connectivity index (χ2v) is 7.49. The summed E-state index contributed by atoms with van der Waals surface area (Å²) in [5.41, 5.74) is 2.65. The predicted molar refractivity (Wildman–Crippen MR) is 117 cm³/mol. The fourth-order valence-corrected chi connectivity index (χ4v) is 3.61. The molecule has 0 bridgehead atoms. The minimum absolute atomic E-state index is 0.247. The molecule has 144 valence electrons. The molecule has 0 saturated carbocycles. The van der Waals surface area contributed by atoms with Crippen LogP contribution in [0.25, 0.3) is 17.3 Å². The van der Waals surface area contributed by atoms with Gasteiger partial charge in [-0.3, -0.25) is 10.1 Å². The number of carbonyl (C=O) groups is 1. The fourth-order valence-electron chi connectivity index (χ4n) is 2.49. The second kappa shape index (κ2) is 9.52. The summed E-state index contributed by atoms with van der Waals surface area (Å²) in [4.78, 5) is 16.7. The van der Waals surface area contributed by atoms with Gasteiger partial charge in [-0.05, 0) is 42.8 Å². The molecule has 1 aromatic heterocycles. The molecule has 0 aliphatic carbocycles. The summed E-state index contributed by atoms with van der Waals surface area (Å²) >= 11 is 4.84. The lowest BCUT2D eigenvalue weighted by molar-refractivity contribution is -0.111. The molecule has 0 spiro atoms. The molecular formula is C21H19BrN2O3S. The van der Waals surface area contributed by atoms with Crippen LogP contribution in [0.1, 0.15) is 12.5 Å². The Morgan fingerprint density at radius 3 is 2.86 bits per heavy atom. The number of ether oxygens (including phenoxy) is 2. The third-order valence-electron chi connectivity index (χ3n) is 3.77. The molecule has 0 fully saturated rings. The van der Waals surface area contributed by atoms with E-state index < -0.39 is 0 Å². The number of hydrogen-bond donors (Lipinski definition) is 1. The van der Waals surface area contributed by atoms with Crippen LogP contribution >= 0.6 is 27.3 Å². The molecule has 5 nitrogen and oxygen atoms in total. The summed E-state index contributed by atoms with van der Waals surface area (Å²) in [5.74, 6) is 1.06. The molecule has 1 N–H and O–H groups in total. The van der Waals surface area contributed by atoms with E-state index in [9.17, 15) is 4.79 Å². The van der Waals surface area contributed by atoms with E-state index in [4.69, 9.17) is 9.47 Å². The van der Waals surface area contributed by atoms with Crippen LogP contribution in [0, 0.1) is 0 Å². The van der Waals surface area contributed by atoms with Crippen LogP contribution in [0.2, 0.25) is 0 Å². The number of amides is 1. The summed E-state index contributed by atoms with van der Waals surface area (Å²) in [6, 6.07) is 13.4. The smallest absolute Gasteiger partial charge is 0.250 e. The van der Waals surface area contributed by atoms with Crippen molar-refractivity contribution in [3.05, 3.63) is 64.0 Å². The summed E-state index contributed by atoms with van der Waals surface area (Å²) < 4.78 is 11.8. The Morgan fingerprint density at radius 2 is 2.11 bits per heavy atom. The molecule has 7 heteroatoms. The molecule has 0 unspecified atom stereocenters. The Bertz CT molecular complexity index is 1000. The molecule has 0 radical (unpaired) electrons. The highest BCUT2D eigenvalue weighted by molar-refractivity contribution is 9.10. The van der Waals surface area contributed by atoms with Crippen molar-refractivity contribution in [2.24, 2.45) is 0 Å². The van der Waals surface area contributed by atoms with E-state index in [0.717, 1.165) is 21.3 Å². The number of carbonyl (C=O) groups excluding carboxylic acids is 1. The predicted octanol–water partition coefficient (Wildman–Crippen LogP) is 5.63. The van der Waals surface area contributed by atoms with Crippen molar-refractivity contribution in [1.82, 2.24) is 4.98 Å². The van der Waals surface area contributed by atoms with Crippen molar-refractivity contribution in [2.45, 2.75) is 6.92 Å². The first kappa shape index (κ1) is 20.1. The number of methoxy groups -OCH3 is 1. The van der Waals surface area contributed by atoms with Crippen LogP contribution in [0.5, 0.6) is 11.5 Å². The zero-order valence-electron chi connectivity index (χ0n) is 15.4. The van der Waals surface area contributed by atoms with Gasteiger partial charge in [0.05, 0.1) is 19.4 Å². The van der Waals surface area contributed by atoms with Gasteiger partial charge in [-0.15, -0.1) is 11.3 Å². The van der Waals surface area contributed by atoms with Crippen LogP contribution < -0.4 is 14.8 Å². The Morgan fingerprint density at radius 1 is 1.25 bits per heavy atom. The number of rotatable bonds is 7. The summed E-state index contributed by atoms with van der Waals surface area (Å²) in [7, 11) is 1.59. The molecule has 0 saturated heterocycles. The highest BCUT2D eigenvalue weighted by atomic mass is 79.9. The standard InChI is InChI=1S/C21H19BrN2O3S/c1-3-27-18-9-7-14(11-19(18)26-2)8-10-20(25)24-21-23-17(13-28-21)15-5-4-6-16(22)12-15/h4-13H,3H2,1-2H3,(H,23,24,25). The average molecular weight is 459 g/mol. The zero-order valence-corrected chi connectivity index (χ0v) is 17.8. The Balaban J connectivity index is 1.66. The largest absolute Gasteiger partial charge is 0.493 e. The summed E-state index contributed by atoms with van der Waals surface area (Å²) in [5, 5.41) is 5.26. The lowest BCUT2D eigenvalue weighted by Gasteiger charge is -2.09. The topological polar surface area (TPSA) is 60.5 Å². The molecule has 28 heavy (non-hydrogen) atoms. The van der Waals surface area contributed by atoms with Gasteiger partial charge in [0.25, 0.3) is 0 Å². The number of nitrogens with one attached hydrogen (secondary N) is 1.